The van der Waals surface area contributed by atoms with Crippen molar-refractivity contribution >= 4 is 28.8 Å². The molecule has 5 rings (SSSR count). The molecule has 0 radical (unpaired) electrons. The van der Waals surface area contributed by atoms with Crippen LogP contribution < -0.4 is 0 Å². The number of rotatable bonds is 10. The van der Waals surface area contributed by atoms with Crippen molar-refractivity contribution in [3.05, 3.63) is 51.2 Å². The smallest absolute Gasteiger partial charge is 0.225 e. The summed E-state index contributed by atoms with van der Waals surface area (Å²) in [6.07, 6.45) is 6.36. The zero-order chi connectivity index (χ0) is 29.6. The monoisotopic (exact) mass is 597 g/mol. The van der Waals surface area contributed by atoms with Crippen LogP contribution in [0.15, 0.2) is 24.3 Å². The fraction of sp³-hybridized carbons (Fsp3) is 0.636. The Morgan fingerprint density at radius 1 is 1.02 bits per heavy atom. The van der Waals surface area contributed by atoms with E-state index < -0.39 is 0 Å². The normalized spacial score (nSPS) is 24.1. The van der Waals surface area contributed by atoms with Gasteiger partial charge >= 0.3 is 0 Å². The molecule has 0 N–H and O–H groups in total. The van der Waals surface area contributed by atoms with Gasteiger partial charge in [0.05, 0.1) is 17.0 Å². The third kappa shape index (κ3) is 8.11. The van der Waals surface area contributed by atoms with Crippen molar-refractivity contribution in [3.8, 4) is 0 Å². The SMILES string of the molecule is CC(=O)c1sc(CC(=O)C[C@@H]2CN(C(=O)C3CCOCC3)CC[C@H]2CN2CCC[C@@H](Cc3ccc(F)cc3)C2)nc1C. The second-order valence-corrected chi connectivity index (χ2v) is 13.7. The van der Waals surface area contributed by atoms with E-state index in [9.17, 15) is 18.8 Å². The lowest BCUT2D eigenvalue weighted by atomic mass is 9.80. The maximum absolute atomic E-state index is 13.4. The van der Waals surface area contributed by atoms with Gasteiger partial charge in [-0.2, -0.15) is 0 Å². The molecule has 0 unspecified atom stereocenters. The number of Topliss-reactive ketones (excluding diaryl/α,β-unsaturated/α-hetero) is 2. The molecule has 0 aliphatic carbocycles. The number of ketones is 2. The van der Waals surface area contributed by atoms with Crippen LogP contribution in [0, 0.1) is 36.4 Å². The first-order chi connectivity index (χ1) is 20.2. The van der Waals surface area contributed by atoms with Crippen LogP contribution in [0.25, 0.3) is 0 Å². The van der Waals surface area contributed by atoms with Crippen LogP contribution in [0.4, 0.5) is 4.39 Å². The number of ether oxygens (including phenoxy) is 1. The summed E-state index contributed by atoms with van der Waals surface area (Å²) in [6.45, 7) is 8.98. The van der Waals surface area contributed by atoms with Crippen molar-refractivity contribution < 1.29 is 23.5 Å². The average molecular weight is 598 g/mol. The van der Waals surface area contributed by atoms with Gasteiger partial charge in [-0.05, 0) is 87.4 Å². The van der Waals surface area contributed by atoms with Gasteiger partial charge in [0, 0.05) is 58.7 Å². The summed E-state index contributed by atoms with van der Waals surface area (Å²) in [5.74, 6) is 1.11. The fourth-order valence-electron chi connectivity index (χ4n) is 7.11. The number of hydrogen-bond donors (Lipinski definition) is 0. The Hall–Kier alpha value is -2.49. The molecule has 1 amide bonds. The van der Waals surface area contributed by atoms with Gasteiger partial charge in [-0.1, -0.05) is 12.1 Å². The molecular formula is C33H44FN3O4S. The Morgan fingerprint density at radius 2 is 1.79 bits per heavy atom. The zero-order valence-electron chi connectivity index (χ0n) is 25.0. The molecule has 4 heterocycles. The Labute approximate surface area is 252 Å². The van der Waals surface area contributed by atoms with Gasteiger partial charge < -0.3 is 14.5 Å². The number of amides is 1. The zero-order valence-corrected chi connectivity index (χ0v) is 25.8. The lowest BCUT2D eigenvalue weighted by Crippen LogP contribution is -2.50. The maximum Gasteiger partial charge on any atom is 0.225 e. The molecule has 3 atom stereocenters. The molecule has 42 heavy (non-hydrogen) atoms. The molecule has 3 saturated heterocycles. The molecule has 1 aromatic carbocycles. The van der Waals surface area contributed by atoms with E-state index in [2.05, 4.69) is 9.88 Å². The number of thiazole rings is 1. The van der Waals surface area contributed by atoms with E-state index in [1.165, 1.54) is 30.2 Å². The molecule has 7 nitrogen and oxygen atoms in total. The van der Waals surface area contributed by atoms with Crippen LogP contribution in [0.1, 0.15) is 71.4 Å². The van der Waals surface area contributed by atoms with Crippen molar-refractivity contribution in [2.45, 2.75) is 65.2 Å². The summed E-state index contributed by atoms with van der Waals surface area (Å²) in [5, 5.41) is 0.699. The number of carbonyl (C=O) groups excluding carboxylic acids is 3. The standard InChI is InChI=1S/C33H44FN3O4S/c1-22-32(23(2)38)42-31(35-22)18-30(39)17-28-21-37(33(40)26-10-14-41-15-11-26)13-9-27(28)20-36-12-3-4-25(19-36)16-24-5-7-29(34)8-6-24/h5-8,25-28H,3-4,9-21H2,1-2H3/t25-,27-,28+/m0/s1. The number of carbonyl (C=O) groups is 3. The Kier molecular flexibility index (Phi) is 10.6. The highest BCUT2D eigenvalue weighted by Gasteiger charge is 2.37. The first kappa shape index (κ1) is 31.0. The van der Waals surface area contributed by atoms with E-state index in [4.69, 9.17) is 4.74 Å². The predicted octanol–water partition coefficient (Wildman–Crippen LogP) is 5.14. The largest absolute Gasteiger partial charge is 0.381 e. The second kappa shape index (κ2) is 14.3. The minimum atomic E-state index is -0.199. The third-order valence-corrected chi connectivity index (χ3v) is 10.6. The minimum absolute atomic E-state index is 0.0161. The van der Waals surface area contributed by atoms with Crippen LogP contribution in [-0.2, 0) is 27.2 Å². The highest BCUT2D eigenvalue weighted by atomic mass is 32.1. The third-order valence-electron chi connectivity index (χ3n) is 9.31. The van der Waals surface area contributed by atoms with Crippen molar-refractivity contribution in [3.63, 3.8) is 0 Å². The van der Waals surface area contributed by atoms with Crippen molar-refractivity contribution in [2.24, 2.45) is 23.7 Å². The van der Waals surface area contributed by atoms with Crippen molar-refractivity contribution in [1.29, 1.82) is 0 Å². The molecule has 1 aromatic heterocycles. The lowest BCUT2D eigenvalue weighted by Gasteiger charge is -2.43. The Morgan fingerprint density at radius 3 is 2.50 bits per heavy atom. The number of benzene rings is 1. The van der Waals surface area contributed by atoms with Crippen molar-refractivity contribution in [1.82, 2.24) is 14.8 Å². The summed E-state index contributed by atoms with van der Waals surface area (Å²) < 4.78 is 18.9. The van der Waals surface area contributed by atoms with E-state index in [-0.39, 0.29) is 41.5 Å². The molecule has 9 heteroatoms. The van der Waals surface area contributed by atoms with Crippen LogP contribution in [0.2, 0.25) is 0 Å². The number of aromatic nitrogens is 1. The molecular weight excluding hydrogens is 553 g/mol. The number of aryl methyl sites for hydroxylation is 1. The number of halogens is 1. The molecule has 3 aliphatic heterocycles. The van der Waals surface area contributed by atoms with E-state index >= 15 is 0 Å². The van der Waals surface area contributed by atoms with Gasteiger partial charge in [0.15, 0.2) is 5.78 Å². The van der Waals surface area contributed by atoms with E-state index in [1.54, 1.807) is 12.1 Å². The molecule has 0 spiro atoms. The number of likely N-dealkylation sites (tertiary alicyclic amines) is 2. The molecule has 228 valence electrons. The first-order valence-corrected chi connectivity index (χ1v) is 16.4. The number of nitrogens with zero attached hydrogens (tertiary/aromatic N) is 3. The quantitative estimate of drug-likeness (QED) is 0.353. The fourth-order valence-corrected chi connectivity index (χ4v) is 8.10. The van der Waals surface area contributed by atoms with E-state index in [0.717, 1.165) is 58.3 Å². The number of hydrogen-bond acceptors (Lipinski definition) is 7. The van der Waals surface area contributed by atoms with E-state index in [0.29, 0.717) is 53.6 Å². The first-order valence-electron chi connectivity index (χ1n) is 15.6. The highest BCUT2D eigenvalue weighted by molar-refractivity contribution is 7.13. The predicted molar refractivity (Wildman–Crippen MR) is 161 cm³/mol. The summed E-state index contributed by atoms with van der Waals surface area (Å²) in [6, 6.07) is 6.87. The van der Waals surface area contributed by atoms with Gasteiger partial charge in [-0.3, -0.25) is 14.4 Å². The molecule has 0 bridgehead atoms. The topological polar surface area (TPSA) is 79.8 Å². The van der Waals surface area contributed by atoms with Gasteiger partial charge in [0.1, 0.15) is 16.6 Å². The van der Waals surface area contributed by atoms with Crippen LogP contribution in [0.5, 0.6) is 0 Å². The molecule has 3 aliphatic rings. The maximum atomic E-state index is 13.4. The highest BCUT2D eigenvalue weighted by Crippen LogP contribution is 2.32. The Balaban J connectivity index is 1.24. The van der Waals surface area contributed by atoms with Crippen LogP contribution >= 0.6 is 11.3 Å². The molecule has 3 fully saturated rings. The van der Waals surface area contributed by atoms with Gasteiger partial charge in [-0.25, -0.2) is 9.37 Å². The Bertz CT molecular complexity index is 1240. The van der Waals surface area contributed by atoms with Gasteiger partial charge in [0.25, 0.3) is 0 Å². The summed E-state index contributed by atoms with van der Waals surface area (Å²) in [7, 11) is 0. The van der Waals surface area contributed by atoms with Crippen LogP contribution in [0.3, 0.4) is 0 Å². The lowest BCUT2D eigenvalue weighted by molar-refractivity contribution is -0.142. The van der Waals surface area contributed by atoms with E-state index in [1.807, 2.05) is 24.0 Å². The summed E-state index contributed by atoms with van der Waals surface area (Å²) in [5.41, 5.74) is 1.87. The molecule has 0 saturated carbocycles. The second-order valence-electron chi connectivity index (χ2n) is 12.6. The summed E-state index contributed by atoms with van der Waals surface area (Å²) >= 11 is 1.33. The van der Waals surface area contributed by atoms with Crippen LogP contribution in [-0.4, -0.2) is 78.2 Å². The minimum Gasteiger partial charge on any atom is -0.381 e. The van der Waals surface area contributed by atoms with Crippen molar-refractivity contribution in [2.75, 3.05) is 45.9 Å². The summed E-state index contributed by atoms with van der Waals surface area (Å²) in [4.78, 5) is 48.4. The number of piperidine rings is 2. The van der Waals surface area contributed by atoms with Gasteiger partial charge in [0.2, 0.25) is 5.91 Å². The molecule has 2 aromatic rings. The average Bonchev–Trinajstić information content (AvgIpc) is 3.35. The van der Waals surface area contributed by atoms with Gasteiger partial charge in [-0.15, -0.1) is 11.3 Å².